The van der Waals surface area contributed by atoms with Gasteiger partial charge in [-0.15, -0.1) is 34.2 Å². The molecule has 0 spiro atoms. The highest BCUT2D eigenvalue weighted by molar-refractivity contribution is 14.0. The Morgan fingerprint density at radius 1 is 1.41 bits per heavy atom. The smallest absolute Gasteiger partial charge is 0.194 e. The standard InChI is InChI=1S/C14H26N6S.HI/c1-5-12-10-20(7-8-21-12)14(15-6-2)16-9-13-18-17-11(3)19(13)4;/h12H,5-10H2,1-4H3,(H,15,16);1H. The van der Waals surface area contributed by atoms with Crippen molar-refractivity contribution in [2.45, 2.75) is 39.0 Å². The number of aryl methyl sites for hydroxylation is 1. The van der Waals surface area contributed by atoms with Crippen LogP contribution in [0.3, 0.4) is 0 Å². The molecule has 1 aromatic heterocycles. The van der Waals surface area contributed by atoms with Crippen LogP contribution < -0.4 is 5.32 Å². The number of guanidine groups is 1. The van der Waals surface area contributed by atoms with Crippen molar-refractivity contribution in [2.75, 3.05) is 25.4 Å². The zero-order chi connectivity index (χ0) is 15.2. The molecule has 1 aliphatic rings. The van der Waals surface area contributed by atoms with Gasteiger partial charge in [0, 0.05) is 37.7 Å². The van der Waals surface area contributed by atoms with Crippen molar-refractivity contribution in [3.63, 3.8) is 0 Å². The van der Waals surface area contributed by atoms with Gasteiger partial charge in [-0.2, -0.15) is 11.8 Å². The molecule has 6 nitrogen and oxygen atoms in total. The molecule has 1 atom stereocenters. The second-order valence-corrected chi connectivity index (χ2v) is 6.65. The van der Waals surface area contributed by atoms with Crippen LogP contribution in [-0.4, -0.2) is 56.3 Å². The average Bonchev–Trinajstić information content (AvgIpc) is 2.83. The third-order valence-corrected chi connectivity index (χ3v) is 5.15. The van der Waals surface area contributed by atoms with Crippen molar-refractivity contribution in [1.29, 1.82) is 0 Å². The monoisotopic (exact) mass is 438 g/mol. The van der Waals surface area contributed by atoms with Crippen LogP contribution >= 0.6 is 35.7 Å². The maximum absolute atomic E-state index is 4.75. The number of halogens is 1. The number of thioether (sulfide) groups is 1. The van der Waals surface area contributed by atoms with E-state index < -0.39 is 0 Å². The van der Waals surface area contributed by atoms with Gasteiger partial charge in [0.15, 0.2) is 11.8 Å². The third-order valence-electron chi connectivity index (χ3n) is 3.78. The van der Waals surface area contributed by atoms with Crippen LogP contribution in [0.25, 0.3) is 0 Å². The summed E-state index contributed by atoms with van der Waals surface area (Å²) >= 11 is 2.07. The summed E-state index contributed by atoms with van der Waals surface area (Å²) in [4.78, 5) is 7.12. The largest absolute Gasteiger partial charge is 0.357 e. The minimum atomic E-state index is 0. The van der Waals surface area contributed by atoms with Crippen molar-refractivity contribution in [1.82, 2.24) is 25.0 Å². The van der Waals surface area contributed by atoms with E-state index in [4.69, 9.17) is 4.99 Å². The maximum Gasteiger partial charge on any atom is 0.194 e. The van der Waals surface area contributed by atoms with Gasteiger partial charge in [-0.3, -0.25) is 0 Å². The SMILES string of the molecule is CCNC(=NCc1nnc(C)n1C)N1CCSC(CC)C1.I. The lowest BCUT2D eigenvalue weighted by molar-refractivity contribution is 0.408. The Labute approximate surface area is 154 Å². The molecule has 0 bridgehead atoms. The van der Waals surface area contributed by atoms with Gasteiger partial charge in [-0.25, -0.2) is 4.99 Å². The summed E-state index contributed by atoms with van der Waals surface area (Å²) in [5, 5.41) is 12.4. The molecule has 22 heavy (non-hydrogen) atoms. The van der Waals surface area contributed by atoms with Gasteiger partial charge >= 0.3 is 0 Å². The van der Waals surface area contributed by atoms with Crippen LogP contribution in [-0.2, 0) is 13.6 Å². The Morgan fingerprint density at radius 3 is 2.77 bits per heavy atom. The van der Waals surface area contributed by atoms with Crippen LogP contribution in [0.5, 0.6) is 0 Å². The number of nitrogens with one attached hydrogen (secondary N) is 1. The molecule has 0 saturated carbocycles. The Kier molecular flexibility index (Phi) is 8.52. The zero-order valence-corrected chi connectivity index (χ0v) is 17.0. The van der Waals surface area contributed by atoms with Crippen LogP contribution in [0, 0.1) is 6.92 Å². The molecule has 1 unspecified atom stereocenters. The van der Waals surface area contributed by atoms with E-state index >= 15 is 0 Å². The van der Waals surface area contributed by atoms with E-state index in [0.29, 0.717) is 11.8 Å². The molecule has 0 aromatic carbocycles. The highest BCUT2D eigenvalue weighted by Crippen LogP contribution is 2.21. The van der Waals surface area contributed by atoms with Crippen LogP contribution in [0.15, 0.2) is 4.99 Å². The van der Waals surface area contributed by atoms with Crippen LogP contribution in [0.1, 0.15) is 31.9 Å². The molecule has 1 aromatic rings. The molecule has 2 rings (SSSR count). The third kappa shape index (κ3) is 5.00. The second-order valence-electron chi connectivity index (χ2n) is 5.24. The quantitative estimate of drug-likeness (QED) is 0.443. The van der Waals surface area contributed by atoms with Gasteiger partial charge in [0.2, 0.25) is 0 Å². The van der Waals surface area contributed by atoms with E-state index in [2.05, 4.69) is 46.0 Å². The minimum Gasteiger partial charge on any atom is -0.357 e. The molecule has 2 heterocycles. The summed E-state index contributed by atoms with van der Waals surface area (Å²) < 4.78 is 1.99. The molecule has 8 heteroatoms. The molecule has 1 fully saturated rings. The lowest BCUT2D eigenvalue weighted by atomic mass is 10.3. The number of hydrogen-bond donors (Lipinski definition) is 1. The van der Waals surface area contributed by atoms with Gasteiger partial charge in [0.05, 0.1) is 0 Å². The molecule has 1 aliphatic heterocycles. The first-order valence-electron chi connectivity index (χ1n) is 7.65. The minimum absolute atomic E-state index is 0. The molecule has 0 aliphatic carbocycles. The van der Waals surface area contributed by atoms with Gasteiger partial charge in [0.25, 0.3) is 0 Å². The Bertz CT molecular complexity index is 490. The predicted molar refractivity (Wildman–Crippen MR) is 104 cm³/mol. The number of hydrogen-bond acceptors (Lipinski definition) is 4. The van der Waals surface area contributed by atoms with E-state index in [0.717, 1.165) is 37.2 Å². The molecule has 0 amide bonds. The normalized spacial score (nSPS) is 19.0. The molecule has 0 radical (unpaired) electrons. The van der Waals surface area contributed by atoms with Crippen LogP contribution in [0.4, 0.5) is 0 Å². The molecule has 126 valence electrons. The average molecular weight is 438 g/mol. The fraction of sp³-hybridized carbons (Fsp3) is 0.786. The zero-order valence-electron chi connectivity index (χ0n) is 13.9. The van der Waals surface area contributed by atoms with Crippen molar-refractivity contribution in [3.05, 3.63) is 11.6 Å². The summed E-state index contributed by atoms with van der Waals surface area (Å²) in [6.45, 7) is 9.91. The summed E-state index contributed by atoms with van der Waals surface area (Å²) in [6.07, 6.45) is 1.21. The fourth-order valence-electron chi connectivity index (χ4n) is 2.32. The van der Waals surface area contributed by atoms with E-state index in [1.165, 1.54) is 12.2 Å². The molecule has 1 saturated heterocycles. The topological polar surface area (TPSA) is 58.3 Å². The Hall–Kier alpha value is -0.510. The number of nitrogens with zero attached hydrogens (tertiary/aromatic N) is 5. The summed E-state index contributed by atoms with van der Waals surface area (Å²) in [6, 6.07) is 0. The van der Waals surface area contributed by atoms with E-state index in [-0.39, 0.29) is 24.0 Å². The summed E-state index contributed by atoms with van der Waals surface area (Å²) in [5.74, 6) is 4.00. The van der Waals surface area contributed by atoms with Gasteiger partial charge in [0.1, 0.15) is 12.4 Å². The van der Waals surface area contributed by atoms with Gasteiger partial charge in [-0.1, -0.05) is 6.92 Å². The van der Waals surface area contributed by atoms with E-state index in [9.17, 15) is 0 Å². The summed E-state index contributed by atoms with van der Waals surface area (Å²) in [7, 11) is 1.98. The van der Waals surface area contributed by atoms with E-state index in [1.54, 1.807) is 0 Å². The first-order chi connectivity index (χ1) is 10.2. The van der Waals surface area contributed by atoms with Crippen molar-refractivity contribution >= 4 is 41.7 Å². The van der Waals surface area contributed by atoms with Crippen LogP contribution in [0.2, 0.25) is 0 Å². The summed E-state index contributed by atoms with van der Waals surface area (Å²) in [5.41, 5.74) is 0. The van der Waals surface area contributed by atoms with E-state index in [1.807, 2.05) is 18.5 Å². The van der Waals surface area contributed by atoms with Crippen molar-refractivity contribution in [2.24, 2.45) is 12.0 Å². The first kappa shape index (κ1) is 19.5. The predicted octanol–water partition coefficient (Wildman–Crippen LogP) is 2.03. The van der Waals surface area contributed by atoms with Gasteiger partial charge in [-0.05, 0) is 20.3 Å². The molecular formula is C14H27IN6S. The Morgan fingerprint density at radius 2 is 2.18 bits per heavy atom. The van der Waals surface area contributed by atoms with Crippen molar-refractivity contribution < 1.29 is 0 Å². The first-order valence-corrected chi connectivity index (χ1v) is 8.70. The molecule has 1 N–H and O–H groups in total. The highest BCUT2D eigenvalue weighted by Gasteiger charge is 2.21. The number of aromatic nitrogens is 3. The Balaban J connectivity index is 0.00000242. The second kappa shape index (κ2) is 9.59. The highest BCUT2D eigenvalue weighted by atomic mass is 127. The number of rotatable bonds is 4. The lowest BCUT2D eigenvalue weighted by Crippen LogP contribution is -2.48. The fourth-order valence-corrected chi connectivity index (χ4v) is 3.50. The maximum atomic E-state index is 4.75. The van der Waals surface area contributed by atoms with Gasteiger partial charge < -0.3 is 14.8 Å². The number of aliphatic imine (C=N–C) groups is 1. The van der Waals surface area contributed by atoms with Crippen molar-refractivity contribution in [3.8, 4) is 0 Å². The lowest BCUT2D eigenvalue weighted by Gasteiger charge is -2.34. The molecular weight excluding hydrogens is 411 g/mol.